The highest BCUT2D eigenvalue weighted by Gasteiger charge is 2.50. The van der Waals surface area contributed by atoms with Gasteiger partial charge in [-0.15, -0.1) is 0 Å². The minimum atomic E-state index is -2.47. The zero-order valence-corrected chi connectivity index (χ0v) is 21.5. The molecule has 1 fully saturated rings. The molecule has 164 valence electrons. The number of hydrogen-bond donors (Lipinski definition) is 0. The SMILES string of the molecule is CC(C)(C)[Si](OCC[C@H](C[C@H]1CO1)O[Si](C)(C)C)(c1ccccc1)c1ccccc1. The van der Waals surface area contributed by atoms with Gasteiger partial charge in [0.2, 0.25) is 0 Å². The molecule has 2 aromatic carbocycles. The summed E-state index contributed by atoms with van der Waals surface area (Å²) in [5, 5.41) is 2.67. The average Bonchev–Trinajstić information content (AvgIpc) is 3.48. The maximum absolute atomic E-state index is 7.05. The van der Waals surface area contributed by atoms with Gasteiger partial charge in [0, 0.05) is 19.1 Å². The Balaban J connectivity index is 1.87. The van der Waals surface area contributed by atoms with Crippen LogP contribution < -0.4 is 10.4 Å². The van der Waals surface area contributed by atoms with Crippen molar-refractivity contribution in [1.29, 1.82) is 0 Å². The Morgan fingerprint density at radius 1 is 0.933 bits per heavy atom. The van der Waals surface area contributed by atoms with Gasteiger partial charge in [0.25, 0.3) is 8.32 Å². The fraction of sp³-hybridized carbons (Fsp3) is 0.520. The molecule has 0 N–H and O–H groups in total. The van der Waals surface area contributed by atoms with Crippen LogP contribution in [0.3, 0.4) is 0 Å². The molecule has 0 saturated carbocycles. The van der Waals surface area contributed by atoms with Gasteiger partial charge in [-0.25, -0.2) is 0 Å². The first-order chi connectivity index (χ1) is 14.1. The van der Waals surface area contributed by atoms with Crippen molar-refractivity contribution in [2.45, 2.75) is 70.5 Å². The summed E-state index contributed by atoms with van der Waals surface area (Å²) in [6.07, 6.45) is 2.48. The summed E-state index contributed by atoms with van der Waals surface area (Å²) in [4.78, 5) is 0. The van der Waals surface area contributed by atoms with Gasteiger partial charge >= 0.3 is 0 Å². The van der Waals surface area contributed by atoms with Crippen molar-refractivity contribution in [2.75, 3.05) is 13.2 Å². The zero-order chi connectivity index (χ0) is 21.8. The molecular weight excluding hydrogens is 404 g/mol. The summed E-state index contributed by atoms with van der Waals surface area (Å²) in [5.41, 5.74) is 0. The Bertz CT molecular complexity index is 738. The molecule has 0 aliphatic carbocycles. The maximum Gasteiger partial charge on any atom is 0.261 e. The van der Waals surface area contributed by atoms with Crippen molar-refractivity contribution in [3.63, 3.8) is 0 Å². The second kappa shape index (κ2) is 9.49. The lowest BCUT2D eigenvalue weighted by Crippen LogP contribution is -2.66. The molecule has 1 heterocycles. The number of rotatable bonds is 10. The van der Waals surface area contributed by atoms with Crippen molar-refractivity contribution in [3.8, 4) is 0 Å². The van der Waals surface area contributed by atoms with Crippen LogP contribution in [0.5, 0.6) is 0 Å². The average molecular weight is 443 g/mol. The molecular formula is C25H38O3Si2. The van der Waals surface area contributed by atoms with Crippen LogP contribution in [-0.4, -0.2) is 42.1 Å². The summed E-state index contributed by atoms with van der Waals surface area (Å²) < 4.78 is 19.0. The monoisotopic (exact) mass is 442 g/mol. The van der Waals surface area contributed by atoms with Gasteiger partial charge < -0.3 is 13.6 Å². The van der Waals surface area contributed by atoms with Gasteiger partial charge in [-0.1, -0.05) is 81.4 Å². The van der Waals surface area contributed by atoms with Gasteiger partial charge in [-0.2, -0.15) is 0 Å². The molecule has 0 aromatic heterocycles. The van der Waals surface area contributed by atoms with E-state index in [2.05, 4.69) is 101 Å². The molecule has 1 aliphatic heterocycles. The third-order valence-corrected chi connectivity index (χ3v) is 11.7. The molecule has 0 spiro atoms. The molecule has 0 radical (unpaired) electrons. The highest BCUT2D eigenvalue weighted by Crippen LogP contribution is 2.37. The lowest BCUT2D eigenvalue weighted by atomic mass is 10.1. The largest absolute Gasteiger partial charge is 0.415 e. The van der Waals surface area contributed by atoms with E-state index in [9.17, 15) is 0 Å². The minimum absolute atomic E-state index is 0.00441. The van der Waals surface area contributed by atoms with E-state index < -0.39 is 16.6 Å². The predicted molar refractivity (Wildman–Crippen MR) is 131 cm³/mol. The Labute approximate surface area is 185 Å². The molecule has 2 atom stereocenters. The molecule has 30 heavy (non-hydrogen) atoms. The standard InChI is InChI=1S/C25H38O3Si2/c1-25(2,3)30(23-13-9-7-10-14-23,24-15-11-8-12-16-24)27-18-17-21(19-22-20-26-22)28-29(4,5)6/h7-16,21-22H,17-20H2,1-6H3/t21-,22+/m1/s1. The molecule has 0 unspecified atom stereocenters. The summed E-state index contributed by atoms with van der Waals surface area (Å²) >= 11 is 0. The molecule has 1 aliphatic rings. The number of epoxide rings is 1. The zero-order valence-electron chi connectivity index (χ0n) is 19.5. The fourth-order valence-electron chi connectivity index (χ4n) is 4.33. The molecule has 0 bridgehead atoms. The first-order valence-electron chi connectivity index (χ1n) is 11.2. The molecule has 2 aromatic rings. The number of ether oxygens (including phenoxy) is 1. The van der Waals surface area contributed by atoms with E-state index in [1.807, 2.05) is 0 Å². The first kappa shape index (κ1) is 23.4. The van der Waals surface area contributed by atoms with Gasteiger partial charge in [0.05, 0.1) is 12.7 Å². The number of benzene rings is 2. The van der Waals surface area contributed by atoms with Gasteiger partial charge in [-0.05, 0) is 41.5 Å². The Hall–Kier alpha value is -1.25. The lowest BCUT2D eigenvalue weighted by Gasteiger charge is -2.43. The van der Waals surface area contributed by atoms with Crippen molar-refractivity contribution in [3.05, 3.63) is 60.7 Å². The summed E-state index contributed by atoms with van der Waals surface area (Å²) in [7, 11) is -4.09. The summed E-state index contributed by atoms with van der Waals surface area (Å²) in [5.74, 6) is 0. The quantitative estimate of drug-likeness (QED) is 0.385. The van der Waals surface area contributed by atoms with Gasteiger partial charge in [0.1, 0.15) is 0 Å². The van der Waals surface area contributed by atoms with Crippen LogP contribution in [0.25, 0.3) is 0 Å². The van der Waals surface area contributed by atoms with Crippen LogP contribution in [0.15, 0.2) is 60.7 Å². The van der Waals surface area contributed by atoms with Crippen molar-refractivity contribution >= 4 is 27.0 Å². The van der Waals surface area contributed by atoms with Crippen LogP contribution in [0.2, 0.25) is 24.7 Å². The van der Waals surface area contributed by atoms with E-state index in [0.717, 1.165) is 19.4 Å². The third kappa shape index (κ3) is 5.92. The second-order valence-corrected chi connectivity index (χ2v) is 19.1. The van der Waals surface area contributed by atoms with Crippen molar-refractivity contribution in [2.24, 2.45) is 0 Å². The molecule has 5 heteroatoms. The molecule has 0 amide bonds. The van der Waals surface area contributed by atoms with E-state index in [-0.39, 0.29) is 11.1 Å². The van der Waals surface area contributed by atoms with E-state index in [1.54, 1.807) is 0 Å². The third-order valence-electron chi connectivity index (χ3n) is 5.62. The van der Waals surface area contributed by atoms with Crippen molar-refractivity contribution in [1.82, 2.24) is 0 Å². The lowest BCUT2D eigenvalue weighted by molar-refractivity contribution is 0.134. The van der Waals surface area contributed by atoms with Gasteiger partial charge in [-0.3, -0.25) is 0 Å². The van der Waals surface area contributed by atoms with E-state index >= 15 is 0 Å². The van der Waals surface area contributed by atoms with Crippen LogP contribution in [0.1, 0.15) is 33.6 Å². The summed E-state index contributed by atoms with van der Waals surface area (Å²) in [6.45, 7) is 15.3. The molecule has 3 rings (SSSR count). The predicted octanol–water partition coefficient (Wildman–Crippen LogP) is 4.96. The van der Waals surface area contributed by atoms with Crippen LogP contribution in [-0.2, 0) is 13.6 Å². The highest BCUT2D eigenvalue weighted by atomic mass is 28.4. The Kier molecular flexibility index (Phi) is 7.41. The Morgan fingerprint density at radius 3 is 1.83 bits per heavy atom. The topological polar surface area (TPSA) is 31.0 Å². The summed E-state index contributed by atoms with van der Waals surface area (Å²) in [6, 6.07) is 21.7. The molecule has 3 nitrogen and oxygen atoms in total. The first-order valence-corrected chi connectivity index (χ1v) is 16.5. The van der Waals surface area contributed by atoms with Crippen LogP contribution in [0.4, 0.5) is 0 Å². The fourth-order valence-corrected chi connectivity index (χ4v) is 10.1. The van der Waals surface area contributed by atoms with Gasteiger partial charge in [0.15, 0.2) is 8.32 Å². The van der Waals surface area contributed by atoms with E-state index in [0.29, 0.717) is 12.7 Å². The van der Waals surface area contributed by atoms with Crippen LogP contribution in [0, 0.1) is 0 Å². The second-order valence-electron chi connectivity index (χ2n) is 10.3. The van der Waals surface area contributed by atoms with E-state index in [4.69, 9.17) is 13.6 Å². The minimum Gasteiger partial charge on any atom is -0.415 e. The smallest absolute Gasteiger partial charge is 0.261 e. The molecule has 1 saturated heterocycles. The van der Waals surface area contributed by atoms with Crippen LogP contribution >= 0.6 is 0 Å². The highest BCUT2D eigenvalue weighted by molar-refractivity contribution is 6.99. The van der Waals surface area contributed by atoms with E-state index in [1.165, 1.54) is 10.4 Å². The maximum atomic E-state index is 7.05. The number of hydrogen-bond acceptors (Lipinski definition) is 3. The Morgan fingerprint density at radius 2 is 1.43 bits per heavy atom. The van der Waals surface area contributed by atoms with Crippen molar-refractivity contribution < 1.29 is 13.6 Å². The normalized spacial score (nSPS) is 18.3.